The highest BCUT2D eigenvalue weighted by molar-refractivity contribution is 7.33. The van der Waals surface area contributed by atoms with E-state index >= 15 is 0 Å². The van der Waals surface area contributed by atoms with Crippen LogP contribution in [0.25, 0.3) is 0 Å². The van der Waals surface area contributed by atoms with Crippen LogP contribution in [0.2, 0.25) is 0 Å². The van der Waals surface area contributed by atoms with E-state index in [0.29, 0.717) is 25.7 Å². The smallest absolute Gasteiger partial charge is 0.115 e. The lowest BCUT2D eigenvalue weighted by Gasteiger charge is -2.14. The van der Waals surface area contributed by atoms with Gasteiger partial charge in [-0.2, -0.15) is 0 Å². The van der Waals surface area contributed by atoms with Gasteiger partial charge in [0.05, 0.1) is 0 Å². The normalized spacial score (nSPS) is 11.1. The molecule has 4 aromatic rings. The van der Waals surface area contributed by atoms with Crippen molar-refractivity contribution in [3.63, 3.8) is 0 Å². The first-order chi connectivity index (χ1) is 16.7. The topological polar surface area (TPSA) is 35.5 Å². The molecule has 0 radical (unpaired) electrons. The predicted molar refractivity (Wildman–Crippen MR) is 138 cm³/mol. The molecule has 4 aromatic carbocycles. The SMILES string of the molecule is O=[P+](OC(Cc1ccccc1)Cc1ccccc1)OC(Cc1ccccc1)Cc1ccccc1. The lowest BCUT2D eigenvalue weighted by Crippen LogP contribution is -2.20. The van der Waals surface area contributed by atoms with E-state index in [1.807, 2.05) is 72.8 Å². The third-order valence-corrected chi connectivity index (χ3v) is 6.64. The Labute approximate surface area is 203 Å². The molecule has 0 aliphatic rings. The molecule has 0 aromatic heterocycles. The molecule has 0 spiro atoms. The highest BCUT2D eigenvalue weighted by atomic mass is 31.1. The first-order valence-corrected chi connectivity index (χ1v) is 12.8. The van der Waals surface area contributed by atoms with Crippen molar-refractivity contribution in [2.24, 2.45) is 0 Å². The van der Waals surface area contributed by atoms with Crippen molar-refractivity contribution in [1.82, 2.24) is 0 Å². The van der Waals surface area contributed by atoms with Gasteiger partial charge in [-0.15, -0.1) is 9.05 Å². The van der Waals surface area contributed by atoms with E-state index in [1.54, 1.807) is 0 Å². The molecule has 3 nitrogen and oxygen atoms in total. The molecule has 0 fully saturated rings. The van der Waals surface area contributed by atoms with Gasteiger partial charge in [0.15, 0.2) is 0 Å². The van der Waals surface area contributed by atoms with Crippen LogP contribution in [0.1, 0.15) is 22.3 Å². The van der Waals surface area contributed by atoms with E-state index in [2.05, 4.69) is 48.5 Å². The average molecular weight is 470 g/mol. The Morgan fingerprint density at radius 1 is 0.441 bits per heavy atom. The largest absolute Gasteiger partial charge is 0.698 e. The summed E-state index contributed by atoms with van der Waals surface area (Å²) >= 11 is 0. The van der Waals surface area contributed by atoms with E-state index in [-0.39, 0.29) is 12.2 Å². The van der Waals surface area contributed by atoms with Crippen LogP contribution in [0.4, 0.5) is 0 Å². The molecule has 0 saturated heterocycles. The maximum Gasteiger partial charge on any atom is 0.698 e. The molecule has 34 heavy (non-hydrogen) atoms. The van der Waals surface area contributed by atoms with Gasteiger partial charge in [-0.3, -0.25) is 0 Å². The minimum atomic E-state index is -2.29. The summed E-state index contributed by atoms with van der Waals surface area (Å²) in [6.07, 6.45) is 2.18. The molecule has 0 N–H and O–H groups in total. The minimum absolute atomic E-state index is 0.248. The van der Waals surface area contributed by atoms with Gasteiger partial charge in [0.2, 0.25) is 0 Å². The Balaban J connectivity index is 1.45. The van der Waals surface area contributed by atoms with Crippen molar-refractivity contribution in [3.8, 4) is 0 Å². The van der Waals surface area contributed by atoms with Gasteiger partial charge in [0.25, 0.3) is 0 Å². The lowest BCUT2D eigenvalue weighted by atomic mass is 10.0. The van der Waals surface area contributed by atoms with Crippen LogP contribution in [0.3, 0.4) is 0 Å². The van der Waals surface area contributed by atoms with E-state index in [0.717, 1.165) is 22.3 Å². The molecule has 0 aliphatic carbocycles. The quantitative estimate of drug-likeness (QED) is 0.203. The molecule has 0 aliphatic heterocycles. The van der Waals surface area contributed by atoms with Gasteiger partial charge in [0, 0.05) is 30.2 Å². The molecule has 4 heteroatoms. The molecular formula is C30H30O3P+. The van der Waals surface area contributed by atoms with E-state index in [1.165, 1.54) is 0 Å². The summed E-state index contributed by atoms with van der Waals surface area (Å²) in [4.78, 5) is 0. The first-order valence-electron chi connectivity index (χ1n) is 11.7. The van der Waals surface area contributed by atoms with Gasteiger partial charge in [-0.05, 0) is 22.3 Å². The zero-order valence-electron chi connectivity index (χ0n) is 19.2. The van der Waals surface area contributed by atoms with Crippen LogP contribution in [0.15, 0.2) is 121 Å². The van der Waals surface area contributed by atoms with Crippen LogP contribution >= 0.6 is 8.25 Å². The summed E-state index contributed by atoms with van der Waals surface area (Å²) in [6, 6.07) is 40.7. The maximum absolute atomic E-state index is 13.1. The fourth-order valence-corrected chi connectivity index (χ4v) is 4.90. The summed E-state index contributed by atoms with van der Waals surface area (Å²) in [5.74, 6) is 0. The van der Waals surface area contributed by atoms with Gasteiger partial charge in [-0.1, -0.05) is 121 Å². The molecular weight excluding hydrogens is 439 g/mol. The lowest BCUT2D eigenvalue weighted by molar-refractivity contribution is 0.128. The van der Waals surface area contributed by atoms with Gasteiger partial charge in [0.1, 0.15) is 12.2 Å². The van der Waals surface area contributed by atoms with Crippen molar-refractivity contribution in [3.05, 3.63) is 144 Å². The summed E-state index contributed by atoms with van der Waals surface area (Å²) in [5.41, 5.74) is 4.60. The zero-order valence-corrected chi connectivity index (χ0v) is 20.1. The summed E-state index contributed by atoms with van der Waals surface area (Å²) in [6.45, 7) is 0. The predicted octanol–water partition coefficient (Wildman–Crippen LogP) is 7.39. The second-order valence-electron chi connectivity index (χ2n) is 8.44. The highest BCUT2D eigenvalue weighted by Crippen LogP contribution is 2.32. The Morgan fingerprint density at radius 2 is 0.676 bits per heavy atom. The molecule has 0 atom stereocenters. The minimum Gasteiger partial charge on any atom is -0.115 e. The van der Waals surface area contributed by atoms with E-state index in [4.69, 9.17) is 9.05 Å². The Bertz CT molecular complexity index is 945. The average Bonchev–Trinajstić information content (AvgIpc) is 2.86. The summed E-state index contributed by atoms with van der Waals surface area (Å²) in [7, 11) is -2.29. The van der Waals surface area contributed by atoms with Crippen molar-refractivity contribution in [2.45, 2.75) is 37.9 Å². The Hall–Kier alpha value is -3.10. The fourth-order valence-electron chi connectivity index (χ4n) is 4.07. The van der Waals surface area contributed by atoms with Crippen molar-refractivity contribution < 1.29 is 13.6 Å². The van der Waals surface area contributed by atoms with Crippen LogP contribution in [0, 0.1) is 0 Å². The number of hydrogen-bond acceptors (Lipinski definition) is 3. The summed E-state index contributed by atoms with van der Waals surface area (Å²) < 4.78 is 25.2. The Kier molecular flexibility index (Phi) is 9.16. The van der Waals surface area contributed by atoms with Crippen molar-refractivity contribution in [1.29, 1.82) is 0 Å². The zero-order chi connectivity index (χ0) is 23.4. The van der Waals surface area contributed by atoms with Crippen LogP contribution in [0.5, 0.6) is 0 Å². The number of benzene rings is 4. The highest BCUT2D eigenvalue weighted by Gasteiger charge is 2.32. The summed E-state index contributed by atoms with van der Waals surface area (Å²) in [5, 5.41) is 0. The van der Waals surface area contributed by atoms with Crippen LogP contribution < -0.4 is 0 Å². The maximum atomic E-state index is 13.1. The molecule has 0 heterocycles. The van der Waals surface area contributed by atoms with Gasteiger partial charge >= 0.3 is 8.25 Å². The van der Waals surface area contributed by atoms with Crippen molar-refractivity contribution in [2.75, 3.05) is 0 Å². The van der Waals surface area contributed by atoms with E-state index in [9.17, 15) is 4.57 Å². The monoisotopic (exact) mass is 469 g/mol. The van der Waals surface area contributed by atoms with Gasteiger partial charge in [-0.25, -0.2) is 0 Å². The molecule has 0 bridgehead atoms. The molecule has 0 amide bonds. The Morgan fingerprint density at radius 3 is 0.912 bits per heavy atom. The third kappa shape index (κ3) is 8.04. The first kappa shape index (κ1) is 24.0. The second kappa shape index (κ2) is 13.0. The molecule has 172 valence electrons. The van der Waals surface area contributed by atoms with Gasteiger partial charge < -0.3 is 0 Å². The second-order valence-corrected chi connectivity index (χ2v) is 9.31. The third-order valence-electron chi connectivity index (χ3n) is 5.70. The molecule has 0 unspecified atom stereocenters. The van der Waals surface area contributed by atoms with E-state index < -0.39 is 8.25 Å². The molecule has 4 rings (SSSR count). The van der Waals surface area contributed by atoms with Crippen LogP contribution in [-0.2, 0) is 39.3 Å². The number of rotatable bonds is 12. The molecule has 0 saturated carbocycles. The number of hydrogen-bond donors (Lipinski definition) is 0. The standard InChI is InChI=1S/C30H30O3P/c31-34(32-29(21-25-13-5-1-6-14-25)22-26-15-7-2-8-16-26)33-30(23-27-17-9-3-10-18-27)24-28-19-11-4-12-20-28/h1-20,29-30H,21-24H2/q+1. The van der Waals surface area contributed by atoms with Crippen LogP contribution in [-0.4, -0.2) is 12.2 Å². The fraction of sp³-hybridized carbons (Fsp3) is 0.200. The van der Waals surface area contributed by atoms with Crippen molar-refractivity contribution >= 4 is 8.25 Å².